The first-order chi connectivity index (χ1) is 16.3. The summed E-state index contributed by atoms with van der Waals surface area (Å²) in [4.78, 5) is 10.9. The number of aromatic carboxylic acids is 1. The maximum absolute atomic E-state index is 13.5. The molecular formula is C25H31F3N2O4. The highest BCUT2D eigenvalue weighted by Crippen LogP contribution is 2.39. The van der Waals surface area contributed by atoms with Crippen LogP contribution in [0.25, 0.3) is 0 Å². The van der Waals surface area contributed by atoms with Crippen molar-refractivity contribution < 1.29 is 32.9 Å². The Labute approximate surface area is 197 Å². The van der Waals surface area contributed by atoms with Crippen molar-refractivity contribution in [1.82, 2.24) is 0 Å². The molecular weight excluding hydrogens is 449 g/mol. The molecule has 0 atom stereocenters. The van der Waals surface area contributed by atoms with Crippen molar-refractivity contribution in [1.29, 1.82) is 0 Å². The summed E-state index contributed by atoms with van der Waals surface area (Å²) < 4.78 is 46.1. The summed E-state index contributed by atoms with van der Waals surface area (Å²) in [5.41, 5.74) is -1.01. The van der Waals surface area contributed by atoms with Gasteiger partial charge in [0.15, 0.2) is 0 Å². The third-order valence-electron chi connectivity index (χ3n) is 5.23. The Hall–Kier alpha value is -2.94. The Balaban J connectivity index is 1.84. The first-order valence-corrected chi connectivity index (χ1v) is 11.5. The van der Waals surface area contributed by atoms with E-state index in [1.54, 1.807) is 0 Å². The average molecular weight is 481 g/mol. The van der Waals surface area contributed by atoms with Gasteiger partial charge in [0, 0.05) is 6.61 Å². The first kappa shape index (κ1) is 27.3. The SMILES string of the molecule is O=C(O)c1ccc(N=Nc2ccc(OCCCCCCCCCCCO)cc2C(F)(F)F)cc1. The quantitative estimate of drug-likeness (QED) is 0.202. The zero-order valence-corrected chi connectivity index (χ0v) is 19.1. The van der Waals surface area contributed by atoms with E-state index in [9.17, 15) is 18.0 Å². The summed E-state index contributed by atoms with van der Waals surface area (Å²) in [7, 11) is 0. The number of carboxylic acid groups (broad SMARTS) is 1. The van der Waals surface area contributed by atoms with Crippen LogP contribution >= 0.6 is 0 Å². The van der Waals surface area contributed by atoms with Crippen molar-refractivity contribution in [2.24, 2.45) is 10.2 Å². The van der Waals surface area contributed by atoms with Crippen LogP contribution in [0.1, 0.15) is 73.7 Å². The maximum Gasteiger partial charge on any atom is 0.418 e. The number of carbonyl (C=O) groups is 1. The van der Waals surface area contributed by atoms with Crippen LogP contribution in [0.4, 0.5) is 24.5 Å². The van der Waals surface area contributed by atoms with E-state index in [1.165, 1.54) is 36.4 Å². The molecule has 2 aromatic rings. The Morgan fingerprint density at radius 1 is 0.824 bits per heavy atom. The van der Waals surface area contributed by atoms with Gasteiger partial charge >= 0.3 is 12.1 Å². The second-order valence-electron chi connectivity index (χ2n) is 7.98. The number of azo groups is 1. The highest BCUT2D eigenvalue weighted by Gasteiger charge is 2.34. The zero-order chi connectivity index (χ0) is 24.8. The molecule has 0 spiro atoms. The van der Waals surface area contributed by atoms with Crippen molar-refractivity contribution in [3.8, 4) is 5.75 Å². The van der Waals surface area contributed by atoms with Crippen molar-refractivity contribution in [2.75, 3.05) is 13.2 Å². The molecule has 0 amide bonds. The van der Waals surface area contributed by atoms with Crippen molar-refractivity contribution >= 4 is 17.3 Å². The van der Waals surface area contributed by atoms with E-state index in [1.807, 2.05) is 0 Å². The van der Waals surface area contributed by atoms with Crippen LogP contribution in [0.3, 0.4) is 0 Å². The number of halogens is 3. The minimum Gasteiger partial charge on any atom is -0.494 e. The molecule has 0 radical (unpaired) electrons. The largest absolute Gasteiger partial charge is 0.494 e. The van der Waals surface area contributed by atoms with Gasteiger partial charge in [0.1, 0.15) is 5.75 Å². The fraction of sp³-hybridized carbons (Fsp3) is 0.480. The van der Waals surface area contributed by atoms with Crippen LogP contribution < -0.4 is 4.74 Å². The van der Waals surface area contributed by atoms with Gasteiger partial charge in [-0.15, -0.1) is 5.11 Å². The molecule has 0 aliphatic carbocycles. The van der Waals surface area contributed by atoms with E-state index in [4.69, 9.17) is 14.9 Å². The van der Waals surface area contributed by atoms with Crippen LogP contribution in [0.5, 0.6) is 5.75 Å². The molecule has 0 heterocycles. The Morgan fingerprint density at radius 2 is 1.41 bits per heavy atom. The topological polar surface area (TPSA) is 91.5 Å². The van der Waals surface area contributed by atoms with Gasteiger partial charge in [-0.25, -0.2) is 4.79 Å². The number of benzene rings is 2. The van der Waals surface area contributed by atoms with Crippen LogP contribution in [-0.4, -0.2) is 29.4 Å². The van der Waals surface area contributed by atoms with Gasteiger partial charge in [-0.1, -0.05) is 44.9 Å². The summed E-state index contributed by atoms with van der Waals surface area (Å²) in [5.74, 6) is -0.982. The molecule has 9 heteroatoms. The summed E-state index contributed by atoms with van der Waals surface area (Å²) in [6, 6.07) is 8.92. The van der Waals surface area contributed by atoms with Gasteiger partial charge in [-0.2, -0.15) is 18.3 Å². The molecule has 0 aliphatic rings. The van der Waals surface area contributed by atoms with Crippen LogP contribution in [-0.2, 0) is 6.18 Å². The zero-order valence-electron chi connectivity index (χ0n) is 19.1. The number of aliphatic hydroxyl groups is 1. The molecule has 0 aliphatic heterocycles. The summed E-state index contributed by atoms with van der Waals surface area (Å²) in [5, 5.41) is 25.1. The van der Waals surface area contributed by atoms with E-state index in [0.717, 1.165) is 63.9 Å². The van der Waals surface area contributed by atoms with E-state index in [2.05, 4.69) is 10.2 Å². The average Bonchev–Trinajstić information content (AvgIpc) is 2.81. The summed E-state index contributed by atoms with van der Waals surface area (Å²) in [6.45, 7) is 0.590. The summed E-state index contributed by atoms with van der Waals surface area (Å²) >= 11 is 0. The number of unbranched alkanes of at least 4 members (excludes halogenated alkanes) is 8. The number of hydrogen-bond donors (Lipinski definition) is 2. The Morgan fingerprint density at radius 3 is 1.97 bits per heavy atom. The number of carboxylic acids is 1. The fourth-order valence-electron chi connectivity index (χ4n) is 3.34. The second kappa shape index (κ2) is 14.3. The van der Waals surface area contributed by atoms with E-state index < -0.39 is 17.7 Å². The Kier molecular flexibility index (Phi) is 11.5. The molecule has 0 fully saturated rings. The molecule has 2 rings (SSSR count). The molecule has 0 unspecified atom stereocenters. The normalized spacial score (nSPS) is 11.8. The maximum atomic E-state index is 13.5. The van der Waals surface area contributed by atoms with E-state index in [-0.39, 0.29) is 29.3 Å². The van der Waals surface area contributed by atoms with Crippen molar-refractivity contribution in [3.05, 3.63) is 53.6 Å². The molecule has 0 bridgehead atoms. The molecule has 34 heavy (non-hydrogen) atoms. The van der Waals surface area contributed by atoms with Crippen molar-refractivity contribution in [3.63, 3.8) is 0 Å². The number of rotatable bonds is 15. The highest BCUT2D eigenvalue weighted by atomic mass is 19.4. The third-order valence-corrected chi connectivity index (χ3v) is 5.23. The molecule has 2 aromatic carbocycles. The minimum atomic E-state index is -4.63. The van der Waals surface area contributed by atoms with Gasteiger partial charge < -0.3 is 14.9 Å². The lowest BCUT2D eigenvalue weighted by Crippen LogP contribution is -2.06. The fourth-order valence-corrected chi connectivity index (χ4v) is 3.34. The molecule has 6 nitrogen and oxygen atoms in total. The van der Waals surface area contributed by atoms with Gasteiger partial charge in [-0.3, -0.25) is 0 Å². The van der Waals surface area contributed by atoms with E-state index >= 15 is 0 Å². The number of hydrogen-bond acceptors (Lipinski definition) is 5. The lowest BCUT2D eigenvalue weighted by molar-refractivity contribution is -0.137. The van der Waals surface area contributed by atoms with Crippen LogP contribution in [0.2, 0.25) is 0 Å². The third kappa shape index (κ3) is 9.91. The highest BCUT2D eigenvalue weighted by molar-refractivity contribution is 5.87. The van der Waals surface area contributed by atoms with Gasteiger partial charge in [0.05, 0.1) is 29.1 Å². The predicted octanol–water partition coefficient (Wildman–Crippen LogP) is 7.70. The van der Waals surface area contributed by atoms with Crippen LogP contribution in [0.15, 0.2) is 52.7 Å². The monoisotopic (exact) mass is 480 g/mol. The Bertz CT molecular complexity index is 915. The molecule has 186 valence electrons. The molecule has 2 N–H and O–H groups in total. The van der Waals surface area contributed by atoms with Crippen molar-refractivity contribution in [2.45, 2.75) is 64.0 Å². The molecule has 0 saturated carbocycles. The summed E-state index contributed by atoms with van der Waals surface area (Å²) in [6.07, 6.45) is 4.64. The first-order valence-electron chi connectivity index (χ1n) is 11.5. The molecule has 0 aromatic heterocycles. The van der Waals surface area contributed by atoms with Gasteiger partial charge in [0.2, 0.25) is 0 Å². The van der Waals surface area contributed by atoms with Crippen LogP contribution in [0, 0.1) is 0 Å². The van der Waals surface area contributed by atoms with E-state index in [0.29, 0.717) is 6.61 Å². The standard InChI is InChI=1S/C25H31F3N2O4/c26-25(27,28)22-18-21(34-17-9-7-5-3-1-2-4-6-8-16-31)14-15-23(22)30-29-20-12-10-19(11-13-20)24(32)33/h10-15,18,31H,1-9,16-17H2,(H,32,33). The van der Waals surface area contributed by atoms with Gasteiger partial charge in [0.25, 0.3) is 0 Å². The molecule has 0 saturated heterocycles. The lowest BCUT2D eigenvalue weighted by atomic mass is 10.1. The number of nitrogens with zero attached hydrogens (tertiary/aromatic N) is 2. The second-order valence-corrected chi connectivity index (χ2v) is 7.98. The minimum absolute atomic E-state index is 0.0469. The van der Waals surface area contributed by atoms with Gasteiger partial charge in [-0.05, 0) is 55.3 Å². The number of ether oxygens (including phenoxy) is 1. The lowest BCUT2D eigenvalue weighted by Gasteiger charge is -2.12. The number of aliphatic hydroxyl groups excluding tert-OH is 1. The number of alkyl halides is 3. The smallest absolute Gasteiger partial charge is 0.418 e. The predicted molar refractivity (Wildman–Crippen MR) is 123 cm³/mol.